The van der Waals surface area contributed by atoms with Gasteiger partial charge in [0.15, 0.2) is 5.65 Å². The number of piperidine rings is 1. The SMILES string of the molecule is Oc1cccc(OC2CCN(c3ccc4nnc(C(F)(F)F)n4n3)CC2)c1. The zero-order valence-electron chi connectivity index (χ0n) is 14.1. The third-order valence-corrected chi connectivity index (χ3v) is 4.39. The number of hydrogen-bond donors (Lipinski definition) is 1. The third-order valence-electron chi connectivity index (χ3n) is 4.39. The molecule has 1 aliphatic heterocycles. The second-order valence-corrected chi connectivity index (χ2v) is 6.28. The maximum Gasteiger partial charge on any atom is 0.453 e. The molecule has 142 valence electrons. The summed E-state index contributed by atoms with van der Waals surface area (Å²) >= 11 is 0. The van der Waals surface area contributed by atoms with E-state index in [2.05, 4.69) is 15.3 Å². The number of aromatic nitrogens is 4. The van der Waals surface area contributed by atoms with Gasteiger partial charge in [0.25, 0.3) is 5.82 Å². The number of phenolic OH excluding ortho intramolecular Hbond substituents is 1. The Hall–Kier alpha value is -3.04. The van der Waals surface area contributed by atoms with Crippen molar-refractivity contribution in [3.05, 3.63) is 42.2 Å². The minimum atomic E-state index is -4.62. The lowest BCUT2D eigenvalue weighted by Gasteiger charge is -2.32. The number of benzene rings is 1. The molecule has 0 atom stereocenters. The molecule has 4 rings (SSSR count). The molecule has 0 bridgehead atoms. The van der Waals surface area contributed by atoms with Crippen molar-refractivity contribution in [1.29, 1.82) is 0 Å². The molecule has 1 saturated heterocycles. The monoisotopic (exact) mass is 379 g/mol. The van der Waals surface area contributed by atoms with Crippen molar-refractivity contribution in [2.24, 2.45) is 0 Å². The molecule has 1 aliphatic rings. The molecule has 0 saturated carbocycles. The highest BCUT2D eigenvalue weighted by Crippen LogP contribution is 2.29. The Bertz CT molecular complexity index is 951. The summed E-state index contributed by atoms with van der Waals surface area (Å²) in [4.78, 5) is 1.90. The van der Waals surface area contributed by atoms with Crippen molar-refractivity contribution in [1.82, 2.24) is 19.8 Å². The predicted octanol–water partition coefficient (Wildman–Crippen LogP) is 2.90. The number of phenols is 1. The number of nitrogens with zero attached hydrogens (tertiary/aromatic N) is 5. The van der Waals surface area contributed by atoms with E-state index in [1.165, 1.54) is 6.07 Å². The van der Waals surface area contributed by atoms with Gasteiger partial charge in [-0.2, -0.15) is 17.7 Å². The summed E-state index contributed by atoms with van der Waals surface area (Å²) in [5.74, 6) is 0.0224. The summed E-state index contributed by atoms with van der Waals surface area (Å²) in [6, 6.07) is 9.70. The number of hydrogen-bond acceptors (Lipinski definition) is 6. The lowest BCUT2D eigenvalue weighted by Crippen LogP contribution is -2.39. The highest BCUT2D eigenvalue weighted by atomic mass is 19.4. The number of anilines is 1. The number of aromatic hydroxyl groups is 1. The number of rotatable bonds is 3. The summed E-state index contributed by atoms with van der Waals surface area (Å²) in [6.45, 7) is 1.18. The number of halogens is 3. The molecule has 7 nitrogen and oxygen atoms in total. The Kier molecular flexibility index (Phi) is 4.25. The molecule has 0 spiro atoms. The van der Waals surface area contributed by atoms with Gasteiger partial charge < -0.3 is 14.7 Å². The summed E-state index contributed by atoms with van der Waals surface area (Å²) in [5.41, 5.74) is 0.0492. The van der Waals surface area contributed by atoms with Crippen LogP contribution in [0.5, 0.6) is 11.5 Å². The van der Waals surface area contributed by atoms with Crippen LogP contribution in [-0.4, -0.2) is 44.1 Å². The topological polar surface area (TPSA) is 75.8 Å². The normalized spacial score (nSPS) is 16.0. The maximum absolute atomic E-state index is 13.0. The number of alkyl halides is 3. The van der Waals surface area contributed by atoms with Gasteiger partial charge in [-0.3, -0.25) is 0 Å². The van der Waals surface area contributed by atoms with E-state index in [4.69, 9.17) is 4.74 Å². The Morgan fingerprint density at radius 2 is 1.85 bits per heavy atom. The van der Waals surface area contributed by atoms with Crippen LogP contribution in [0.3, 0.4) is 0 Å². The molecule has 2 aromatic heterocycles. The first-order valence-electron chi connectivity index (χ1n) is 8.40. The van der Waals surface area contributed by atoms with Crippen LogP contribution < -0.4 is 9.64 Å². The van der Waals surface area contributed by atoms with Gasteiger partial charge in [0.2, 0.25) is 0 Å². The van der Waals surface area contributed by atoms with Gasteiger partial charge in [-0.05, 0) is 24.3 Å². The molecule has 27 heavy (non-hydrogen) atoms. The van der Waals surface area contributed by atoms with E-state index in [0.717, 1.165) is 4.52 Å². The van der Waals surface area contributed by atoms with Crippen LogP contribution in [-0.2, 0) is 6.18 Å². The molecule has 1 fully saturated rings. The van der Waals surface area contributed by atoms with Gasteiger partial charge in [-0.15, -0.1) is 15.3 Å². The molecular formula is C17H16F3N5O2. The molecular weight excluding hydrogens is 363 g/mol. The van der Waals surface area contributed by atoms with Gasteiger partial charge in [-0.25, -0.2) is 0 Å². The average Bonchev–Trinajstić information content (AvgIpc) is 3.06. The fraction of sp³-hybridized carbons (Fsp3) is 0.353. The minimum Gasteiger partial charge on any atom is -0.508 e. The largest absolute Gasteiger partial charge is 0.508 e. The fourth-order valence-electron chi connectivity index (χ4n) is 3.08. The lowest BCUT2D eigenvalue weighted by atomic mass is 10.1. The molecule has 3 heterocycles. The molecule has 0 aliphatic carbocycles. The maximum atomic E-state index is 13.0. The fourth-order valence-corrected chi connectivity index (χ4v) is 3.08. The Labute approximate surface area is 152 Å². The highest BCUT2D eigenvalue weighted by Gasteiger charge is 2.38. The van der Waals surface area contributed by atoms with E-state index < -0.39 is 12.0 Å². The average molecular weight is 379 g/mol. The van der Waals surface area contributed by atoms with Crippen LogP contribution in [0.2, 0.25) is 0 Å². The Balaban J connectivity index is 1.46. The first-order chi connectivity index (χ1) is 12.9. The standard InChI is InChI=1S/C17H16F3N5O2/c18-17(19,20)16-22-21-14-4-5-15(23-25(14)16)24-8-6-12(7-9-24)27-13-3-1-2-11(26)10-13/h1-5,10,12,26H,6-9H2. The van der Waals surface area contributed by atoms with Crippen LogP contribution in [0.1, 0.15) is 18.7 Å². The molecule has 3 aromatic rings. The van der Waals surface area contributed by atoms with Gasteiger partial charge in [-0.1, -0.05) is 6.07 Å². The van der Waals surface area contributed by atoms with E-state index >= 15 is 0 Å². The summed E-state index contributed by atoms with van der Waals surface area (Å²) < 4.78 is 45.6. The van der Waals surface area contributed by atoms with Crippen LogP contribution in [0.15, 0.2) is 36.4 Å². The van der Waals surface area contributed by atoms with Crippen LogP contribution in [0.25, 0.3) is 5.65 Å². The zero-order chi connectivity index (χ0) is 19.0. The highest BCUT2D eigenvalue weighted by molar-refractivity contribution is 5.46. The van der Waals surface area contributed by atoms with E-state index in [1.54, 1.807) is 30.3 Å². The Morgan fingerprint density at radius 3 is 2.56 bits per heavy atom. The van der Waals surface area contributed by atoms with Gasteiger partial charge in [0.05, 0.1) is 0 Å². The minimum absolute atomic E-state index is 0.0348. The number of fused-ring (bicyclic) bond motifs is 1. The Morgan fingerprint density at radius 1 is 1.07 bits per heavy atom. The molecule has 1 N–H and O–H groups in total. The van der Waals surface area contributed by atoms with E-state index in [0.29, 0.717) is 37.5 Å². The van der Waals surface area contributed by atoms with Crippen molar-refractivity contribution >= 4 is 11.5 Å². The first kappa shape index (κ1) is 17.4. The quantitative estimate of drug-likeness (QED) is 0.754. The van der Waals surface area contributed by atoms with Crippen molar-refractivity contribution < 1.29 is 23.0 Å². The number of ether oxygens (including phenoxy) is 1. The summed E-state index contributed by atoms with van der Waals surface area (Å²) in [7, 11) is 0. The van der Waals surface area contributed by atoms with Crippen LogP contribution in [0.4, 0.5) is 19.0 Å². The molecule has 1 aromatic carbocycles. The smallest absolute Gasteiger partial charge is 0.453 e. The van der Waals surface area contributed by atoms with Crippen LogP contribution >= 0.6 is 0 Å². The van der Waals surface area contributed by atoms with E-state index in [-0.39, 0.29) is 17.5 Å². The van der Waals surface area contributed by atoms with Crippen LogP contribution in [0, 0.1) is 0 Å². The van der Waals surface area contributed by atoms with Crippen molar-refractivity contribution in [3.8, 4) is 11.5 Å². The van der Waals surface area contributed by atoms with Gasteiger partial charge in [0, 0.05) is 32.0 Å². The third kappa shape index (κ3) is 3.60. The van der Waals surface area contributed by atoms with E-state index in [1.807, 2.05) is 4.90 Å². The van der Waals surface area contributed by atoms with Crippen molar-refractivity contribution in [2.75, 3.05) is 18.0 Å². The lowest BCUT2D eigenvalue weighted by molar-refractivity contribution is -0.146. The van der Waals surface area contributed by atoms with Gasteiger partial charge >= 0.3 is 6.18 Å². The molecule has 0 amide bonds. The van der Waals surface area contributed by atoms with Gasteiger partial charge in [0.1, 0.15) is 23.4 Å². The van der Waals surface area contributed by atoms with Crippen molar-refractivity contribution in [2.45, 2.75) is 25.1 Å². The van der Waals surface area contributed by atoms with E-state index in [9.17, 15) is 18.3 Å². The second-order valence-electron chi connectivity index (χ2n) is 6.28. The van der Waals surface area contributed by atoms with Crippen molar-refractivity contribution in [3.63, 3.8) is 0 Å². The molecule has 10 heteroatoms. The predicted molar refractivity (Wildman–Crippen MR) is 89.8 cm³/mol. The summed E-state index contributed by atoms with van der Waals surface area (Å²) in [6.07, 6.45) is -3.28. The second kappa shape index (κ2) is 6.60. The molecule has 0 radical (unpaired) electrons. The first-order valence-corrected chi connectivity index (χ1v) is 8.40. The zero-order valence-corrected chi connectivity index (χ0v) is 14.1. The summed E-state index contributed by atoms with van der Waals surface area (Å²) in [5, 5.41) is 20.3. The molecule has 0 unspecified atom stereocenters.